The number of para-hydroxylation sites is 1. The van der Waals surface area contributed by atoms with E-state index in [0.29, 0.717) is 11.1 Å². The Morgan fingerprint density at radius 2 is 1.79 bits per heavy atom. The highest BCUT2D eigenvalue weighted by atomic mass is 32.2. The first-order chi connectivity index (χ1) is 13.5. The van der Waals surface area contributed by atoms with Crippen molar-refractivity contribution in [2.75, 3.05) is 13.6 Å². The van der Waals surface area contributed by atoms with E-state index >= 15 is 0 Å². The molecule has 2 aromatic carbocycles. The van der Waals surface area contributed by atoms with Crippen LogP contribution in [0.3, 0.4) is 0 Å². The summed E-state index contributed by atoms with van der Waals surface area (Å²) in [5, 5.41) is 14.7. The minimum absolute atomic E-state index is 0.157. The van der Waals surface area contributed by atoms with E-state index in [1.807, 2.05) is 6.92 Å². The van der Waals surface area contributed by atoms with Crippen LogP contribution in [0.25, 0.3) is 0 Å². The molecule has 0 saturated carbocycles. The lowest BCUT2D eigenvalue weighted by Crippen LogP contribution is -2.37. The first-order valence-corrected chi connectivity index (χ1v) is 10.1. The minimum Gasteiger partial charge on any atom is -0.272 e. The number of nitrogens with zero attached hydrogens (tertiary/aromatic N) is 3. The molecule has 0 radical (unpaired) electrons. The number of nitrogens with one attached hydrogen (secondary N) is 1. The third-order valence-electron chi connectivity index (χ3n) is 4.17. The molecule has 10 heteroatoms. The molecule has 0 bridgehead atoms. The van der Waals surface area contributed by atoms with Gasteiger partial charge in [0.1, 0.15) is 0 Å². The highest BCUT2D eigenvalue weighted by molar-refractivity contribution is 7.89. The maximum Gasteiger partial charge on any atom is 0.278 e. The zero-order valence-electron chi connectivity index (χ0n) is 16.5. The van der Waals surface area contributed by atoms with E-state index in [1.165, 1.54) is 25.2 Å². The normalized spacial score (nSPS) is 11.8. The molecule has 0 aliphatic carbocycles. The SMILES string of the molecule is Cc1cc(C)c(S(=O)(=O)N(C)CC(=O)N/N=C\c2ccccc2[N+](=O)[O-])c(C)c1. The fourth-order valence-electron chi connectivity index (χ4n) is 2.99. The number of hydrogen-bond donors (Lipinski definition) is 1. The molecular weight excluding hydrogens is 396 g/mol. The second-order valence-corrected chi connectivity index (χ2v) is 8.58. The number of hydrazone groups is 1. The average Bonchev–Trinajstić information content (AvgIpc) is 2.60. The summed E-state index contributed by atoms with van der Waals surface area (Å²) >= 11 is 0. The predicted octanol–water partition coefficient (Wildman–Crippen LogP) is 2.29. The summed E-state index contributed by atoms with van der Waals surface area (Å²) in [5.41, 5.74) is 4.40. The number of nitro groups is 1. The fraction of sp³-hybridized carbons (Fsp3) is 0.263. The Bertz CT molecular complexity index is 1060. The van der Waals surface area contributed by atoms with Crippen LogP contribution in [-0.2, 0) is 14.8 Å². The minimum atomic E-state index is -3.88. The van der Waals surface area contributed by atoms with Crippen LogP contribution in [-0.4, -0.2) is 43.4 Å². The monoisotopic (exact) mass is 418 g/mol. The van der Waals surface area contributed by atoms with Gasteiger partial charge in [0.2, 0.25) is 10.0 Å². The van der Waals surface area contributed by atoms with Gasteiger partial charge in [-0.15, -0.1) is 0 Å². The first-order valence-electron chi connectivity index (χ1n) is 8.63. The Labute approximate surface area is 169 Å². The largest absolute Gasteiger partial charge is 0.278 e. The summed E-state index contributed by atoms with van der Waals surface area (Å²) in [6.07, 6.45) is 1.14. The molecule has 2 aromatic rings. The van der Waals surface area contributed by atoms with Gasteiger partial charge in [0, 0.05) is 13.1 Å². The van der Waals surface area contributed by atoms with Gasteiger partial charge in [-0.3, -0.25) is 14.9 Å². The van der Waals surface area contributed by atoms with Gasteiger partial charge in [-0.05, 0) is 38.0 Å². The second-order valence-electron chi connectivity index (χ2n) is 6.60. The molecule has 2 rings (SSSR count). The topological polar surface area (TPSA) is 122 Å². The molecule has 154 valence electrons. The van der Waals surface area contributed by atoms with Crippen LogP contribution >= 0.6 is 0 Å². The summed E-state index contributed by atoms with van der Waals surface area (Å²) < 4.78 is 26.7. The van der Waals surface area contributed by atoms with Crippen LogP contribution in [0, 0.1) is 30.9 Å². The molecule has 0 heterocycles. The molecule has 0 unspecified atom stereocenters. The van der Waals surface area contributed by atoms with Gasteiger partial charge in [-0.1, -0.05) is 29.8 Å². The lowest BCUT2D eigenvalue weighted by Gasteiger charge is -2.19. The van der Waals surface area contributed by atoms with Gasteiger partial charge in [-0.25, -0.2) is 13.8 Å². The zero-order chi connectivity index (χ0) is 21.8. The number of sulfonamides is 1. The van der Waals surface area contributed by atoms with Crippen LogP contribution < -0.4 is 5.43 Å². The highest BCUT2D eigenvalue weighted by Gasteiger charge is 2.26. The van der Waals surface area contributed by atoms with E-state index in [4.69, 9.17) is 0 Å². The van der Waals surface area contributed by atoms with E-state index < -0.39 is 27.4 Å². The first kappa shape index (κ1) is 22.2. The summed E-state index contributed by atoms with van der Waals surface area (Å²) in [7, 11) is -2.57. The lowest BCUT2D eigenvalue weighted by atomic mass is 10.1. The maximum absolute atomic E-state index is 12.9. The van der Waals surface area contributed by atoms with Gasteiger partial charge in [0.25, 0.3) is 11.6 Å². The smallest absolute Gasteiger partial charge is 0.272 e. The molecule has 0 aliphatic heterocycles. The van der Waals surface area contributed by atoms with E-state index in [1.54, 1.807) is 32.0 Å². The molecule has 29 heavy (non-hydrogen) atoms. The summed E-state index contributed by atoms with van der Waals surface area (Å²) in [6.45, 7) is 4.83. The number of aryl methyl sites for hydroxylation is 3. The van der Waals surface area contributed by atoms with Gasteiger partial charge < -0.3 is 0 Å². The maximum atomic E-state index is 12.9. The van der Waals surface area contributed by atoms with Crippen LogP contribution in [0.1, 0.15) is 22.3 Å². The number of benzene rings is 2. The third kappa shape index (κ3) is 5.24. The van der Waals surface area contributed by atoms with Gasteiger partial charge in [-0.2, -0.15) is 9.41 Å². The highest BCUT2D eigenvalue weighted by Crippen LogP contribution is 2.24. The van der Waals surface area contributed by atoms with E-state index in [2.05, 4.69) is 10.5 Å². The van der Waals surface area contributed by atoms with Crippen LogP contribution in [0.5, 0.6) is 0 Å². The van der Waals surface area contributed by atoms with Gasteiger partial charge in [0.05, 0.1) is 28.1 Å². The zero-order valence-corrected chi connectivity index (χ0v) is 17.4. The quantitative estimate of drug-likeness (QED) is 0.420. The second kappa shape index (κ2) is 8.93. The molecule has 0 atom stereocenters. The Balaban J connectivity index is 2.10. The molecule has 9 nitrogen and oxygen atoms in total. The number of amides is 1. The molecule has 0 spiro atoms. The molecule has 0 aromatic heterocycles. The summed E-state index contributed by atoms with van der Waals surface area (Å²) in [4.78, 5) is 22.7. The van der Waals surface area contributed by atoms with E-state index in [9.17, 15) is 23.3 Å². The van der Waals surface area contributed by atoms with Gasteiger partial charge in [0.15, 0.2) is 0 Å². The van der Waals surface area contributed by atoms with E-state index in [0.717, 1.165) is 16.1 Å². The van der Waals surface area contributed by atoms with Crippen molar-refractivity contribution >= 4 is 27.8 Å². The third-order valence-corrected chi connectivity index (χ3v) is 6.28. The molecule has 1 N–H and O–H groups in total. The van der Waals surface area contributed by atoms with Crippen molar-refractivity contribution in [2.24, 2.45) is 5.10 Å². The standard InChI is InChI=1S/C19H22N4O5S/c1-13-9-14(2)19(15(3)10-13)29(27,28)22(4)12-18(24)21-20-11-16-7-5-6-8-17(16)23(25)26/h5-11H,12H2,1-4H3,(H,21,24)/b20-11-. The number of likely N-dealkylation sites (N-methyl/N-ethyl adjacent to an activating group) is 1. The summed E-state index contributed by atoms with van der Waals surface area (Å²) in [6, 6.07) is 9.45. The Hall–Kier alpha value is -3.11. The number of carbonyl (C=O) groups is 1. The summed E-state index contributed by atoms with van der Waals surface area (Å²) in [5.74, 6) is -0.673. The van der Waals surface area contributed by atoms with Crippen molar-refractivity contribution in [2.45, 2.75) is 25.7 Å². The van der Waals surface area contributed by atoms with Crippen LogP contribution in [0.4, 0.5) is 5.69 Å². The predicted molar refractivity (Wildman–Crippen MR) is 109 cm³/mol. The number of hydrogen-bond acceptors (Lipinski definition) is 6. The Morgan fingerprint density at radius 1 is 1.21 bits per heavy atom. The molecule has 0 saturated heterocycles. The van der Waals surface area contributed by atoms with Crippen molar-refractivity contribution in [3.63, 3.8) is 0 Å². The lowest BCUT2D eigenvalue weighted by molar-refractivity contribution is -0.385. The Morgan fingerprint density at radius 3 is 2.38 bits per heavy atom. The van der Waals surface area contributed by atoms with Crippen molar-refractivity contribution in [1.82, 2.24) is 9.73 Å². The number of nitro benzene ring substituents is 1. The van der Waals surface area contributed by atoms with Crippen molar-refractivity contribution in [1.29, 1.82) is 0 Å². The molecule has 0 fully saturated rings. The van der Waals surface area contributed by atoms with Crippen LogP contribution in [0.15, 0.2) is 46.4 Å². The van der Waals surface area contributed by atoms with Crippen molar-refractivity contribution in [3.8, 4) is 0 Å². The van der Waals surface area contributed by atoms with Crippen molar-refractivity contribution in [3.05, 3.63) is 68.8 Å². The average molecular weight is 418 g/mol. The molecule has 1 amide bonds. The van der Waals surface area contributed by atoms with Crippen LogP contribution in [0.2, 0.25) is 0 Å². The Kier molecular flexibility index (Phi) is 6.83. The molecule has 0 aliphatic rings. The number of carbonyl (C=O) groups excluding carboxylic acids is 1. The van der Waals surface area contributed by atoms with Crippen molar-refractivity contribution < 1.29 is 18.1 Å². The fourth-order valence-corrected chi connectivity index (χ4v) is 4.52. The van der Waals surface area contributed by atoms with Gasteiger partial charge >= 0.3 is 0 Å². The molecular formula is C19H22N4O5S. The van der Waals surface area contributed by atoms with E-state index in [-0.39, 0.29) is 16.1 Å². The number of rotatable bonds is 7.